The predicted molar refractivity (Wildman–Crippen MR) is 116 cm³/mol. The van der Waals surface area contributed by atoms with Crippen LogP contribution in [0.2, 0.25) is 0 Å². The number of esters is 1. The second kappa shape index (κ2) is 9.11. The Kier molecular flexibility index (Phi) is 6.11. The molecule has 1 aliphatic heterocycles. The van der Waals surface area contributed by atoms with Crippen molar-refractivity contribution in [1.82, 2.24) is 19.6 Å². The van der Waals surface area contributed by atoms with Gasteiger partial charge < -0.3 is 15.0 Å². The molecule has 0 spiro atoms. The number of fused-ring (bicyclic) bond motifs is 1. The van der Waals surface area contributed by atoms with Gasteiger partial charge in [-0.1, -0.05) is 0 Å². The number of amides is 1. The van der Waals surface area contributed by atoms with Gasteiger partial charge in [-0.25, -0.2) is 9.50 Å². The highest BCUT2D eigenvalue weighted by atomic mass is 16.5. The molecule has 1 amide bonds. The number of benzene rings is 1. The quantitative estimate of drug-likeness (QED) is 0.609. The van der Waals surface area contributed by atoms with Gasteiger partial charge in [0, 0.05) is 35.9 Å². The van der Waals surface area contributed by atoms with Crippen molar-refractivity contribution in [3.63, 3.8) is 0 Å². The van der Waals surface area contributed by atoms with Crippen LogP contribution < -0.4 is 10.2 Å². The number of hydrogen-bond donors (Lipinski definition) is 1. The molecule has 0 radical (unpaired) electrons. The lowest BCUT2D eigenvalue weighted by molar-refractivity contribution is -0.146. The zero-order valence-corrected chi connectivity index (χ0v) is 17.8. The third-order valence-electron chi connectivity index (χ3n) is 5.20. The molecule has 1 aliphatic rings. The van der Waals surface area contributed by atoms with Gasteiger partial charge in [0.15, 0.2) is 12.4 Å². The first kappa shape index (κ1) is 20.8. The smallest absolute Gasteiger partial charge is 0.314 e. The Balaban J connectivity index is 1.26. The molecule has 0 aliphatic carbocycles. The van der Waals surface area contributed by atoms with Crippen molar-refractivity contribution in [2.45, 2.75) is 39.5 Å². The zero-order valence-electron chi connectivity index (χ0n) is 17.8. The van der Waals surface area contributed by atoms with E-state index in [-0.39, 0.29) is 13.0 Å². The van der Waals surface area contributed by atoms with E-state index in [1.54, 1.807) is 4.52 Å². The van der Waals surface area contributed by atoms with Crippen molar-refractivity contribution in [1.29, 1.82) is 0 Å². The second-order valence-corrected chi connectivity index (χ2v) is 7.76. The van der Waals surface area contributed by atoms with Crippen LogP contribution in [0.1, 0.15) is 36.5 Å². The Labute approximate surface area is 180 Å². The van der Waals surface area contributed by atoms with E-state index in [1.807, 2.05) is 44.2 Å². The second-order valence-electron chi connectivity index (χ2n) is 7.76. The summed E-state index contributed by atoms with van der Waals surface area (Å²) in [4.78, 5) is 35.1. The molecule has 1 N–H and O–H groups in total. The van der Waals surface area contributed by atoms with Crippen LogP contribution in [0, 0.1) is 13.8 Å². The zero-order chi connectivity index (χ0) is 21.8. The summed E-state index contributed by atoms with van der Waals surface area (Å²) in [6.45, 7) is 5.53. The summed E-state index contributed by atoms with van der Waals surface area (Å²) in [5.41, 5.74) is 3.53. The molecule has 1 aromatic carbocycles. The van der Waals surface area contributed by atoms with Crippen LogP contribution >= 0.6 is 0 Å². The maximum absolute atomic E-state index is 12.1. The van der Waals surface area contributed by atoms with Crippen molar-refractivity contribution in [2.24, 2.45) is 0 Å². The lowest BCUT2D eigenvalue weighted by Crippen LogP contribution is -2.29. The molecule has 3 heterocycles. The van der Waals surface area contributed by atoms with Gasteiger partial charge in [-0.3, -0.25) is 9.59 Å². The SMILES string of the molecule is Cc1cc(C)n2nc(CC(=O)OCC(=O)Nc3ccc(N4CCCCC4)cc3)nc2n1. The Morgan fingerprint density at radius 1 is 1.06 bits per heavy atom. The summed E-state index contributed by atoms with van der Waals surface area (Å²) in [5, 5.41) is 7.02. The van der Waals surface area contributed by atoms with Gasteiger partial charge in [-0.15, -0.1) is 5.10 Å². The number of nitrogens with one attached hydrogen (secondary N) is 1. The summed E-state index contributed by atoms with van der Waals surface area (Å²) in [5.74, 6) is -0.220. The molecular weight excluding hydrogens is 396 g/mol. The monoisotopic (exact) mass is 422 g/mol. The Hall–Kier alpha value is -3.49. The summed E-state index contributed by atoms with van der Waals surface area (Å²) in [7, 11) is 0. The highest BCUT2D eigenvalue weighted by molar-refractivity contribution is 5.93. The highest BCUT2D eigenvalue weighted by Gasteiger charge is 2.15. The molecule has 0 bridgehead atoms. The van der Waals surface area contributed by atoms with Crippen molar-refractivity contribution < 1.29 is 14.3 Å². The minimum Gasteiger partial charge on any atom is -0.455 e. The van der Waals surface area contributed by atoms with E-state index in [4.69, 9.17) is 4.74 Å². The van der Waals surface area contributed by atoms with E-state index in [0.29, 0.717) is 17.3 Å². The molecule has 0 saturated carbocycles. The van der Waals surface area contributed by atoms with Gasteiger partial charge >= 0.3 is 5.97 Å². The third-order valence-corrected chi connectivity index (χ3v) is 5.20. The summed E-state index contributed by atoms with van der Waals surface area (Å²) in [6.07, 6.45) is 3.58. The fourth-order valence-electron chi connectivity index (χ4n) is 3.71. The molecule has 1 fully saturated rings. The molecule has 9 heteroatoms. The number of nitrogens with zero attached hydrogens (tertiary/aromatic N) is 5. The van der Waals surface area contributed by atoms with E-state index in [2.05, 4.69) is 25.3 Å². The fourth-order valence-corrected chi connectivity index (χ4v) is 3.71. The summed E-state index contributed by atoms with van der Waals surface area (Å²) >= 11 is 0. The average Bonchev–Trinajstić information content (AvgIpc) is 3.16. The van der Waals surface area contributed by atoms with Gasteiger partial charge in [0.05, 0.1) is 0 Å². The molecule has 1 saturated heterocycles. The number of anilines is 2. The van der Waals surface area contributed by atoms with Crippen LogP contribution in [-0.2, 0) is 20.7 Å². The molecule has 4 rings (SSSR count). The topological polar surface area (TPSA) is 102 Å². The van der Waals surface area contributed by atoms with E-state index in [9.17, 15) is 9.59 Å². The van der Waals surface area contributed by atoms with Crippen LogP contribution in [0.3, 0.4) is 0 Å². The number of rotatable bonds is 6. The summed E-state index contributed by atoms with van der Waals surface area (Å²) in [6, 6.07) is 9.61. The van der Waals surface area contributed by atoms with Crippen molar-refractivity contribution in [3.8, 4) is 0 Å². The number of carbonyl (C=O) groups is 2. The number of piperidine rings is 1. The predicted octanol–water partition coefficient (Wildman–Crippen LogP) is 2.46. The molecule has 31 heavy (non-hydrogen) atoms. The molecule has 2 aromatic heterocycles. The first-order chi connectivity index (χ1) is 15.0. The van der Waals surface area contributed by atoms with Gasteiger partial charge in [0.2, 0.25) is 0 Å². The number of aromatic nitrogens is 4. The standard InChI is InChI=1S/C22H26N6O3/c1-15-12-16(2)28-22(23-15)25-19(26-28)13-21(30)31-14-20(29)24-17-6-8-18(9-7-17)27-10-4-3-5-11-27/h6-9,12H,3-5,10-11,13-14H2,1-2H3,(H,24,29). The number of aryl methyl sites for hydroxylation is 2. The molecule has 3 aromatic rings. The van der Waals surface area contributed by atoms with Gasteiger partial charge in [-0.05, 0) is 63.4 Å². The molecular formula is C22H26N6O3. The largest absolute Gasteiger partial charge is 0.455 e. The average molecular weight is 422 g/mol. The van der Waals surface area contributed by atoms with E-state index in [1.165, 1.54) is 19.3 Å². The van der Waals surface area contributed by atoms with E-state index < -0.39 is 11.9 Å². The van der Waals surface area contributed by atoms with Crippen molar-refractivity contribution in [2.75, 3.05) is 29.9 Å². The third kappa shape index (κ3) is 5.17. The molecule has 0 unspecified atom stereocenters. The lowest BCUT2D eigenvalue weighted by Gasteiger charge is -2.28. The minimum atomic E-state index is -0.569. The summed E-state index contributed by atoms with van der Waals surface area (Å²) < 4.78 is 6.66. The van der Waals surface area contributed by atoms with Crippen LogP contribution in [0.15, 0.2) is 30.3 Å². The lowest BCUT2D eigenvalue weighted by atomic mass is 10.1. The maximum Gasteiger partial charge on any atom is 0.314 e. The molecule has 0 atom stereocenters. The fraction of sp³-hybridized carbons (Fsp3) is 0.409. The van der Waals surface area contributed by atoms with Crippen LogP contribution in [-0.4, -0.2) is 51.2 Å². The van der Waals surface area contributed by atoms with Crippen LogP contribution in [0.5, 0.6) is 0 Å². The normalized spacial score (nSPS) is 13.9. The van der Waals surface area contributed by atoms with Gasteiger partial charge in [-0.2, -0.15) is 4.98 Å². The highest BCUT2D eigenvalue weighted by Crippen LogP contribution is 2.21. The maximum atomic E-state index is 12.1. The van der Waals surface area contributed by atoms with Crippen LogP contribution in [0.25, 0.3) is 5.78 Å². The molecule has 9 nitrogen and oxygen atoms in total. The van der Waals surface area contributed by atoms with E-state index in [0.717, 1.165) is 30.2 Å². The van der Waals surface area contributed by atoms with E-state index >= 15 is 0 Å². The molecule has 162 valence electrons. The number of hydrogen-bond acceptors (Lipinski definition) is 7. The number of ether oxygens (including phenoxy) is 1. The van der Waals surface area contributed by atoms with Crippen LogP contribution in [0.4, 0.5) is 11.4 Å². The number of carbonyl (C=O) groups excluding carboxylic acids is 2. The Morgan fingerprint density at radius 3 is 2.55 bits per heavy atom. The minimum absolute atomic E-state index is 0.125. The Morgan fingerprint density at radius 2 is 1.81 bits per heavy atom. The first-order valence-corrected chi connectivity index (χ1v) is 10.5. The Bertz CT molecular complexity index is 1090. The van der Waals surface area contributed by atoms with Crippen molar-refractivity contribution in [3.05, 3.63) is 47.5 Å². The van der Waals surface area contributed by atoms with Gasteiger partial charge in [0.1, 0.15) is 6.42 Å². The van der Waals surface area contributed by atoms with Gasteiger partial charge in [0.25, 0.3) is 11.7 Å². The van der Waals surface area contributed by atoms with Crippen molar-refractivity contribution >= 4 is 29.0 Å². The first-order valence-electron chi connectivity index (χ1n) is 10.5.